The molecule has 0 bridgehead atoms. The molecule has 0 radical (unpaired) electrons. The Labute approximate surface area is 171 Å². The number of hydrogen-bond acceptors (Lipinski definition) is 4. The largest absolute Gasteiger partial charge is 0.504 e. The molecule has 6 heteroatoms. The lowest BCUT2D eigenvalue weighted by molar-refractivity contribution is 0.0993. The monoisotopic (exact) mass is 558 g/mol. The first-order chi connectivity index (χ1) is 11.9. The van der Waals surface area contributed by atoms with Crippen LogP contribution < -0.4 is 4.74 Å². The predicted octanol–water partition coefficient (Wildman–Crippen LogP) is 5.01. The van der Waals surface area contributed by atoms with Crippen LogP contribution in [0.5, 0.6) is 11.5 Å². The summed E-state index contributed by atoms with van der Waals surface area (Å²) in [6.45, 7) is 3.82. The Morgan fingerprint density at radius 1 is 1.16 bits per heavy atom. The van der Waals surface area contributed by atoms with Crippen LogP contribution in [-0.2, 0) is 0 Å². The Morgan fingerprint density at radius 3 is 2.52 bits per heavy atom. The summed E-state index contributed by atoms with van der Waals surface area (Å²) in [5.74, 6) is -0.0599. The molecule has 0 spiro atoms. The number of methoxy groups -OCH3 is 1. The van der Waals surface area contributed by atoms with Gasteiger partial charge in [0.05, 0.1) is 14.3 Å². The molecule has 1 aliphatic carbocycles. The van der Waals surface area contributed by atoms with Crippen molar-refractivity contribution >= 4 is 62.8 Å². The number of aromatic hydroxyl groups is 1. The third-order valence-corrected chi connectivity index (χ3v) is 5.59. The standard InChI is InChI=1S/C19H12I2O4/c1-3-9-4-5-11-14(22)8-13(21)19(24)17(11)16(9)10-6-12(20)18(23)15(7-10)25-2/h3-8,23H,1H2,2H3. The van der Waals surface area contributed by atoms with Gasteiger partial charge in [-0.3, -0.25) is 9.59 Å². The van der Waals surface area contributed by atoms with E-state index < -0.39 is 0 Å². The second-order valence-electron chi connectivity index (χ2n) is 5.35. The normalized spacial score (nSPS) is 13.3. The molecule has 0 unspecified atom stereocenters. The molecular weight excluding hydrogens is 546 g/mol. The Bertz CT molecular complexity index is 974. The van der Waals surface area contributed by atoms with Crippen molar-refractivity contribution in [2.24, 2.45) is 0 Å². The lowest BCUT2D eigenvalue weighted by Gasteiger charge is -2.19. The molecular formula is C19H12I2O4. The first-order valence-electron chi connectivity index (χ1n) is 7.21. The molecule has 3 rings (SSSR count). The van der Waals surface area contributed by atoms with Crippen molar-refractivity contribution in [2.75, 3.05) is 7.11 Å². The number of Topliss-reactive ketones (excluding diaryl/α,β-unsaturated/α-hetero) is 1. The first kappa shape index (κ1) is 18.1. The fourth-order valence-corrected chi connectivity index (χ4v) is 3.95. The van der Waals surface area contributed by atoms with E-state index in [0.717, 1.165) is 5.56 Å². The number of phenolic OH excluding ortho intramolecular Hbond substituents is 1. The maximum atomic E-state index is 12.8. The highest BCUT2D eigenvalue weighted by Crippen LogP contribution is 2.41. The van der Waals surface area contributed by atoms with Gasteiger partial charge in [-0.05, 0) is 74.5 Å². The number of carbonyl (C=O) groups is 2. The minimum absolute atomic E-state index is 0.0358. The van der Waals surface area contributed by atoms with E-state index in [1.165, 1.54) is 13.2 Å². The van der Waals surface area contributed by atoms with E-state index in [1.54, 1.807) is 30.3 Å². The summed E-state index contributed by atoms with van der Waals surface area (Å²) in [6, 6.07) is 6.83. The van der Waals surface area contributed by atoms with Crippen LogP contribution in [0.4, 0.5) is 0 Å². The van der Waals surface area contributed by atoms with Crippen LogP contribution in [0.2, 0.25) is 0 Å². The highest BCUT2D eigenvalue weighted by molar-refractivity contribution is 14.1. The van der Waals surface area contributed by atoms with E-state index in [4.69, 9.17) is 4.74 Å². The van der Waals surface area contributed by atoms with Gasteiger partial charge in [-0.25, -0.2) is 0 Å². The molecule has 25 heavy (non-hydrogen) atoms. The van der Waals surface area contributed by atoms with Crippen LogP contribution in [0, 0.1) is 3.57 Å². The van der Waals surface area contributed by atoms with E-state index in [1.807, 2.05) is 45.2 Å². The highest BCUT2D eigenvalue weighted by atomic mass is 127. The van der Waals surface area contributed by atoms with Gasteiger partial charge in [-0.1, -0.05) is 18.7 Å². The molecule has 0 aromatic heterocycles. The molecule has 0 amide bonds. The molecule has 1 N–H and O–H groups in total. The molecule has 2 aromatic carbocycles. The molecule has 0 saturated heterocycles. The highest BCUT2D eigenvalue weighted by Gasteiger charge is 2.29. The Morgan fingerprint density at radius 2 is 1.88 bits per heavy atom. The molecule has 0 heterocycles. The van der Waals surface area contributed by atoms with Gasteiger partial charge in [0.1, 0.15) is 0 Å². The summed E-state index contributed by atoms with van der Waals surface area (Å²) >= 11 is 3.88. The van der Waals surface area contributed by atoms with Crippen molar-refractivity contribution in [2.45, 2.75) is 0 Å². The number of ether oxygens (including phenoxy) is 1. The van der Waals surface area contributed by atoms with Gasteiger partial charge in [0.15, 0.2) is 17.3 Å². The average Bonchev–Trinajstić information content (AvgIpc) is 2.60. The van der Waals surface area contributed by atoms with Crippen LogP contribution in [0.15, 0.2) is 40.5 Å². The van der Waals surface area contributed by atoms with Gasteiger partial charge in [0, 0.05) is 22.8 Å². The smallest absolute Gasteiger partial charge is 0.200 e. The molecule has 0 aliphatic heterocycles. The molecule has 0 fully saturated rings. The molecule has 2 aromatic rings. The topological polar surface area (TPSA) is 63.6 Å². The number of hydrogen-bond donors (Lipinski definition) is 1. The van der Waals surface area contributed by atoms with Crippen molar-refractivity contribution in [3.8, 4) is 22.6 Å². The Balaban J connectivity index is 2.40. The predicted molar refractivity (Wildman–Crippen MR) is 114 cm³/mol. The lowest BCUT2D eigenvalue weighted by atomic mass is 9.84. The zero-order chi connectivity index (χ0) is 18.3. The van der Waals surface area contributed by atoms with Crippen molar-refractivity contribution < 1.29 is 19.4 Å². The number of phenols is 1. The van der Waals surface area contributed by atoms with E-state index in [2.05, 4.69) is 6.58 Å². The van der Waals surface area contributed by atoms with Gasteiger partial charge >= 0.3 is 0 Å². The molecule has 0 atom stereocenters. The van der Waals surface area contributed by atoms with Crippen molar-refractivity contribution in [3.63, 3.8) is 0 Å². The number of ketones is 2. The third kappa shape index (κ3) is 3.01. The van der Waals surface area contributed by atoms with Crippen LogP contribution in [-0.4, -0.2) is 23.8 Å². The molecule has 126 valence electrons. The quantitative estimate of drug-likeness (QED) is 0.539. The van der Waals surface area contributed by atoms with E-state index >= 15 is 0 Å². The first-order valence-corrected chi connectivity index (χ1v) is 9.37. The summed E-state index contributed by atoms with van der Waals surface area (Å²) in [5.41, 5.74) is 2.75. The van der Waals surface area contributed by atoms with E-state index in [-0.39, 0.29) is 17.3 Å². The van der Waals surface area contributed by atoms with Crippen molar-refractivity contribution in [1.82, 2.24) is 0 Å². The van der Waals surface area contributed by atoms with Crippen molar-refractivity contribution in [1.29, 1.82) is 0 Å². The summed E-state index contributed by atoms with van der Waals surface area (Å²) in [5, 5.41) is 10.1. The minimum atomic E-state index is -0.198. The zero-order valence-corrected chi connectivity index (χ0v) is 17.4. The summed E-state index contributed by atoms with van der Waals surface area (Å²) < 4.78 is 6.19. The molecule has 4 nitrogen and oxygen atoms in total. The molecule has 1 aliphatic rings. The van der Waals surface area contributed by atoms with Crippen LogP contribution in [0.25, 0.3) is 17.2 Å². The Hall–Kier alpha value is -1.68. The molecule has 0 saturated carbocycles. The number of allylic oxidation sites excluding steroid dienone is 2. The summed E-state index contributed by atoms with van der Waals surface area (Å²) in [6.07, 6.45) is 2.99. The fraction of sp³-hybridized carbons (Fsp3) is 0.0526. The maximum absolute atomic E-state index is 12.8. The maximum Gasteiger partial charge on any atom is 0.200 e. The minimum Gasteiger partial charge on any atom is -0.504 e. The lowest BCUT2D eigenvalue weighted by Crippen LogP contribution is -2.16. The van der Waals surface area contributed by atoms with Crippen LogP contribution in [0.3, 0.4) is 0 Å². The average molecular weight is 558 g/mol. The van der Waals surface area contributed by atoms with Gasteiger partial charge in [0.25, 0.3) is 0 Å². The summed E-state index contributed by atoms with van der Waals surface area (Å²) in [7, 11) is 1.46. The van der Waals surface area contributed by atoms with Gasteiger partial charge in [-0.15, -0.1) is 0 Å². The van der Waals surface area contributed by atoms with Gasteiger partial charge in [0.2, 0.25) is 5.78 Å². The zero-order valence-electron chi connectivity index (χ0n) is 13.1. The van der Waals surface area contributed by atoms with E-state index in [0.29, 0.717) is 35.2 Å². The van der Waals surface area contributed by atoms with Crippen LogP contribution in [0.1, 0.15) is 26.3 Å². The number of fused-ring (bicyclic) bond motifs is 1. The summed E-state index contributed by atoms with van der Waals surface area (Å²) in [4.78, 5) is 25.1. The number of rotatable bonds is 3. The third-order valence-electron chi connectivity index (χ3n) is 3.96. The second kappa shape index (κ2) is 6.91. The van der Waals surface area contributed by atoms with Crippen molar-refractivity contribution in [3.05, 3.63) is 60.8 Å². The Kier molecular flexibility index (Phi) is 5.01. The SMILES string of the molecule is C=Cc1ccc2c(c1-c1cc(I)c(O)c(OC)c1)C(=O)C(I)=CC2=O. The number of benzene rings is 2. The van der Waals surface area contributed by atoms with Crippen LogP contribution >= 0.6 is 45.2 Å². The van der Waals surface area contributed by atoms with Gasteiger partial charge < -0.3 is 9.84 Å². The van der Waals surface area contributed by atoms with E-state index in [9.17, 15) is 14.7 Å². The fourth-order valence-electron chi connectivity index (χ4n) is 2.79. The number of carbonyl (C=O) groups excluding carboxylic acids is 2. The number of halogens is 2. The van der Waals surface area contributed by atoms with Gasteiger partial charge in [-0.2, -0.15) is 0 Å². The second-order valence-corrected chi connectivity index (χ2v) is 7.68.